The molecule has 1 aliphatic rings. The third-order valence-electron chi connectivity index (χ3n) is 6.02. The lowest BCUT2D eigenvalue weighted by Gasteiger charge is -2.26. The average molecular weight is 491 g/mol. The molecule has 1 aromatic heterocycles. The number of carbonyl (C=O) groups is 2. The molecule has 0 saturated heterocycles. The lowest BCUT2D eigenvalue weighted by atomic mass is 10.0. The van der Waals surface area contributed by atoms with Crippen molar-refractivity contribution in [3.05, 3.63) is 69.1 Å². The molecule has 0 fully saturated rings. The second-order valence-corrected chi connectivity index (χ2v) is 9.27. The molecule has 1 aliphatic heterocycles. The van der Waals surface area contributed by atoms with Gasteiger partial charge in [0.05, 0.1) is 23.2 Å². The van der Waals surface area contributed by atoms with Crippen molar-refractivity contribution < 1.29 is 14.0 Å². The summed E-state index contributed by atoms with van der Waals surface area (Å²) in [7, 11) is 2.08. The number of ketones is 1. The Hall–Kier alpha value is -2.45. The molecule has 0 bridgehead atoms. The molecule has 1 amide bonds. The minimum atomic E-state index is -0.527. The van der Waals surface area contributed by atoms with Crippen molar-refractivity contribution in [3.63, 3.8) is 0 Å². The van der Waals surface area contributed by atoms with Gasteiger partial charge in [0, 0.05) is 54.1 Å². The van der Waals surface area contributed by atoms with E-state index in [4.69, 9.17) is 28.9 Å². The lowest BCUT2D eigenvalue weighted by molar-refractivity contribution is -0.118. The summed E-state index contributed by atoms with van der Waals surface area (Å²) in [5.41, 5.74) is 9.08. The van der Waals surface area contributed by atoms with Crippen molar-refractivity contribution >= 4 is 45.8 Å². The van der Waals surface area contributed by atoms with Gasteiger partial charge in [-0.15, -0.1) is 0 Å². The van der Waals surface area contributed by atoms with E-state index in [1.165, 1.54) is 23.4 Å². The number of nitrogens with two attached hydrogens (primary N) is 1. The van der Waals surface area contributed by atoms with Crippen LogP contribution in [0.15, 0.2) is 36.4 Å². The molecule has 4 rings (SSSR count). The molecule has 1 unspecified atom stereocenters. The first-order valence-corrected chi connectivity index (χ1v) is 11.5. The predicted octanol–water partition coefficient (Wildman–Crippen LogP) is 3.79. The van der Waals surface area contributed by atoms with E-state index in [1.54, 1.807) is 0 Å². The molecule has 6 nitrogen and oxygen atoms in total. The second-order valence-electron chi connectivity index (χ2n) is 8.43. The number of amides is 1. The van der Waals surface area contributed by atoms with Crippen LogP contribution >= 0.6 is 23.2 Å². The second kappa shape index (κ2) is 9.81. The van der Waals surface area contributed by atoms with Gasteiger partial charge in [0.15, 0.2) is 0 Å². The van der Waals surface area contributed by atoms with Gasteiger partial charge in [-0.05, 0) is 49.0 Å². The van der Waals surface area contributed by atoms with Gasteiger partial charge in [-0.3, -0.25) is 9.59 Å². The van der Waals surface area contributed by atoms with Crippen molar-refractivity contribution in [2.75, 3.05) is 20.1 Å². The molecule has 1 atom stereocenters. The quantitative estimate of drug-likeness (QED) is 0.527. The van der Waals surface area contributed by atoms with E-state index < -0.39 is 17.8 Å². The number of carbonyl (C=O) groups excluding carboxylic acids is 2. The van der Waals surface area contributed by atoms with Crippen LogP contribution in [0.2, 0.25) is 10.0 Å². The first-order chi connectivity index (χ1) is 15.8. The van der Waals surface area contributed by atoms with Crippen molar-refractivity contribution in [3.8, 4) is 0 Å². The zero-order chi connectivity index (χ0) is 23.7. The van der Waals surface area contributed by atoms with Gasteiger partial charge in [0.1, 0.15) is 11.6 Å². The van der Waals surface area contributed by atoms with Crippen LogP contribution in [0.1, 0.15) is 28.0 Å². The van der Waals surface area contributed by atoms with Crippen LogP contribution in [0.25, 0.3) is 10.9 Å². The molecule has 3 aromatic rings. The standard InChI is InChI=1S/C24H25Cl2FN4O2/c1-30-7-6-23-20(13-30)19-8-14(25)2-5-22(19)31(23)12-16(10-17(32)11-28)29-24(33)18-4-3-15(27)9-21(18)26/h2-5,8-9,16H,6-7,10-13,28H2,1H3,(H,29,33). The Morgan fingerprint density at radius 2 is 2.00 bits per heavy atom. The fraction of sp³-hybridized carbons (Fsp3) is 0.333. The summed E-state index contributed by atoms with van der Waals surface area (Å²) in [5, 5.41) is 4.65. The van der Waals surface area contributed by atoms with E-state index in [2.05, 4.69) is 21.8 Å². The SMILES string of the molecule is CN1CCc2c(c3cc(Cl)ccc3n2CC(CC(=O)CN)NC(=O)c2ccc(F)cc2Cl)C1. The van der Waals surface area contributed by atoms with E-state index in [0.29, 0.717) is 11.6 Å². The highest BCUT2D eigenvalue weighted by molar-refractivity contribution is 6.33. The van der Waals surface area contributed by atoms with Gasteiger partial charge in [-0.1, -0.05) is 23.2 Å². The zero-order valence-electron chi connectivity index (χ0n) is 18.2. The number of fused-ring (bicyclic) bond motifs is 3. The number of rotatable bonds is 7. The monoisotopic (exact) mass is 490 g/mol. The van der Waals surface area contributed by atoms with E-state index in [0.717, 1.165) is 36.5 Å². The lowest BCUT2D eigenvalue weighted by Crippen LogP contribution is -2.41. The topological polar surface area (TPSA) is 80.4 Å². The maximum Gasteiger partial charge on any atom is 0.253 e. The first-order valence-electron chi connectivity index (χ1n) is 10.7. The van der Waals surface area contributed by atoms with E-state index in [-0.39, 0.29) is 29.3 Å². The molecule has 3 N–H and O–H groups in total. The number of nitrogens with zero attached hydrogens (tertiary/aromatic N) is 2. The van der Waals surface area contributed by atoms with Crippen LogP contribution in [0.3, 0.4) is 0 Å². The van der Waals surface area contributed by atoms with Crippen LogP contribution in [-0.2, 0) is 24.3 Å². The highest BCUT2D eigenvalue weighted by Gasteiger charge is 2.26. The van der Waals surface area contributed by atoms with E-state index in [9.17, 15) is 14.0 Å². The largest absolute Gasteiger partial charge is 0.347 e. The third kappa shape index (κ3) is 5.06. The molecule has 0 radical (unpaired) electrons. The smallest absolute Gasteiger partial charge is 0.253 e. The highest BCUT2D eigenvalue weighted by Crippen LogP contribution is 2.33. The summed E-state index contributed by atoms with van der Waals surface area (Å²) in [6.45, 7) is 1.96. The number of Topliss-reactive ketones (excluding diaryl/α,β-unsaturated/α-hetero) is 1. The van der Waals surface area contributed by atoms with Crippen molar-refractivity contribution in [1.29, 1.82) is 0 Å². The van der Waals surface area contributed by atoms with E-state index >= 15 is 0 Å². The number of hydrogen-bond acceptors (Lipinski definition) is 4. The normalized spacial score (nSPS) is 14.8. The first kappa shape index (κ1) is 23.7. The van der Waals surface area contributed by atoms with Gasteiger partial charge < -0.3 is 20.5 Å². The van der Waals surface area contributed by atoms with Gasteiger partial charge in [-0.25, -0.2) is 4.39 Å². The van der Waals surface area contributed by atoms with Crippen molar-refractivity contribution in [2.45, 2.75) is 32.0 Å². The molecule has 9 heteroatoms. The number of hydrogen-bond donors (Lipinski definition) is 2. The Morgan fingerprint density at radius 1 is 1.21 bits per heavy atom. The number of likely N-dealkylation sites (N-methyl/N-ethyl adjacent to an activating group) is 1. The minimum absolute atomic E-state index is 0.0119. The predicted molar refractivity (Wildman–Crippen MR) is 128 cm³/mol. The van der Waals surface area contributed by atoms with Crippen LogP contribution in [0, 0.1) is 5.82 Å². The third-order valence-corrected chi connectivity index (χ3v) is 6.57. The summed E-state index contributed by atoms with van der Waals surface area (Å²) in [5.74, 6) is -1.16. The molecular weight excluding hydrogens is 466 g/mol. The Morgan fingerprint density at radius 3 is 2.73 bits per heavy atom. The number of benzene rings is 2. The summed E-state index contributed by atoms with van der Waals surface area (Å²) < 4.78 is 15.6. The maximum absolute atomic E-state index is 13.4. The van der Waals surface area contributed by atoms with Gasteiger partial charge >= 0.3 is 0 Å². The number of aromatic nitrogens is 1. The molecule has 0 saturated carbocycles. The fourth-order valence-electron chi connectivity index (χ4n) is 4.44. The molecule has 2 aromatic carbocycles. The van der Waals surface area contributed by atoms with E-state index in [1.807, 2.05) is 18.2 Å². The van der Waals surface area contributed by atoms with Gasteiger partial charge in [0.2, 0.25) is 0 Å². The Labute approximate surface area is 201 Å². The number of nitrogens with one attached hydrogen (secondary N) is 1. The number of halogens is 3. The van der Waals surface area contributed by atoms with Crippen molar-refractivity contribution in [2.24, 2.45) is 5.73 Å². The Bertz CT molecular complexity index is 1230. The summed E-state index contributed by atoms with van der Waals surface area (Å²) in [4.78, 5) is 27.4. The average Bonchev–Trinajstić information content (AvgIpc) is 3.05. The molecule has 174 valence electrons. The molecule has 33 heavy (non-hydrogen) atoms. The fourth-order valence-corrected chi connectivity index (χ4v) is 4.87. The highest BCUT2D eigenvalue weighted by atomic mass is 35.5. The van der Waals surface area contributed by atoms with Crippen LogP contribution in [-0.4, -0.2) is 47.3 Å². The maximum atomic E-state index is 13.4. The molecule has 0 aliphatic carbocycles. The molecule has 2 heterocycles. The summed E-state index contributed by atoms with van der Waals surface area (Å²) in [6, 6.07) is 8.85. The van der Waals surface area contributed by atoms with Crippen LogP contribution in [0.4, 0.5) is 4.39 Å². The summed E-state index contributed by atoms with van der Waals surface area (Å²) >= 11 is 12.4. The molecular formula is C24H25Cl2FN4O2. The molecule has 0 spiro atoms. The minimum Gasteiger partial charge on any atom is -0.347 e. The van der Waals surface area contributed by atoms with Gasteiger partial charge in [-0.2, -0.15) is 0 Å². The zero-order valence-corrected chi connectivity index (χ0v) is 19.7. The Kier molecular flexibility index (Phi) is 7.05. The van der Waals surface area contributed by atoms with Crippen LogP contribution in [0.5, 0.6) is 0 Å². The Balaban J connectivity index is 1.69. The van der Waals surface area contributed by atoms with Crippen molar-refractivity contribution in [1.82, 2.24) is 14.8 Å². The van der Waals surface area contributed by atoms with Gasteiger partial charge in [0.25, 0.3) is 5.91 Å². The van der Waals surface area contributed by atoms with Crippen LogP contribution < -0.4 is 11.1 Å². The summed E-state index contributed by atoms with van der Waals surface area (Å²) in [6.07, 6.45) is 0.913.